The average Bonchev–Trinajstić information content (AvgIpc) is 3.08. The van der Waals surface area contributed by atoms with Gasteiger partial charge in [-0.05, 0) is 67.4 Å². The molecule has 2 unspecified atom stereocenters. The van der Waals surface area contributed by atoms with Gasteiger partial charge in [-0.2, -0.15) is 0 Å². The van der Waals surface area contributed by atoms with Crippen LogP contribution in [0.4, 0.5) is 10.1 Å². The van der Waals surface area contributed by atoms with Gasteiger partial charge >= 0.3 is 0 Å². The summed E-state index contributed by atoms with van der Waals surface area (Å²) < 4.78 is 24.9. The predicted octanol–water partition coefficient (Wildman–Crippen LogP) is 7.31. The molecule has 1 amide bonds. The van der Waals surface area contributed by atoms with Crippen LogP contribution in [0, 0.1) is 5.82 Å². The lowest BCUT2D eigenvalue weighted by atomic mass is 10.0. The van der Waals surface area contributed by atoms with E-state index in [9.17, 15) is 9.59 Å². The van der Waals surface area contributed by atoms with E-state index < -0.39 is 17.2 Å². The molecule has 0 saturated carbocycles. The first-order valence-electron chi connectivity index (χ1n) is 16.6. The van der Waals surface area contributed by atoms with Crippen molar-refractivity contribution in [1.82, 2.24) is 20.2 Å². The third-order valence-corrected chi connectivity index (χ3v) is 9.03. The van der Waals surface area contributed by atoms with Gasteiger partial charge in [0.2, 0.25) is 5.43 Å². The molecule has 9 heteroatoms. The summed E-state index contributed by atoms with van der Waals surface area (Å²) in [6, 6.07) is 19.2. The molecule has 47 heavy (non-hydrogen) atoms. The van der Waals surface area contributed by atoms with Crippen LogP contribution in [0.2, 0.25) is 0 Å². The number of pyridine rings is 2. The van der Waals surface area contributed by atoms with E-state index in [1.807, 2.05) is 78.0 Å². The molecule has 0 saturated heterocycles. The summed E-state index contributed by atoms with van der Waals surface area (Å²) in [5.74, 6) is -0.271. The van der Waals surface area contributed by atoms with Crippen LogP contribution < -0.4 is 25.7 Å². The molecule has 3 heterocycles. The number of fused-ring (bicyclic) bond motifs is 3. The van der Waals surface area contributed by atoms with Gasteiger partial charge in [0, 0.05) is 49.7 Å². The van der Waals surface area contributed by atoms with Crippen LogP contribution in [0.5, 0.6) is 11.5 Å². The Morgan fingerprint density at radius 3 is 2.51 bits per heavy atom. The summed E-state index contributed by atoms with van der Waals surface area (Å²) in [4.78, 5) is 34.0. The summed E-state index contributed by atoms with van der Waals surface area (Å²) in [7, 11) is 1.91. The van der Waals surface area contributed by atoms with Gasteiger partial charge in [-0.25, -0.2) is 4.39 Å². The number of hydrogen-bond acceptors (Lipinski definition) is 6. The number of halogens is 1. The number of carbonyl (C=O) groups is 1. The lowest BCUT2D eigenvalue weighted by molar-refractivity contribution is 0.0950. The zero-order chi connectivity index (χ0) is 33.1. The molecule has 3 aromatic carbocycles. The number of anilines is 1. The molecular weight excluding hydrogens is 593 g/mol. The number of amides is 1. The highest BCUT2D eigenvalue weighted by Crippen LogP contribution is 2.47. The van der Waals surface area contributed by atoms with Gasteiger partial charge in [-0.15, -0.1) is 0 Å². The van der Waals surface area contributed by atoms with E-state index in [1.165, 1.54) is 6.07 Å². The largest absolute Gasteiger partial charge is 0.451 e. The highest BCUT2D eigenvalue weighted by atomic mass is 19.1. The van der Waals surface area contributed by atoms with Gasteiger partial charge in [0.15, 0.2) is 17.3 Å². The van der Waals surface area contributed by atoms with E-state index in [-0.39, 0.29) is 28.7 Å². The van der Waals surface area contributed by atoms with Crippen LogP contribution in [0.25, 0.3) is 27.4 Å². The van der Waals surface area contributed by atoms with E-state index in [2.05, 4.69) is 29.5 Å². The Morgan fingerprint density at radius 2 is 1.81 bits per heavy atom. The lowest BCUT2D eigenvalue weighted by Crippen LogP contribution is -2.35. The molecule has 0 radical (unpaired) electrons. The molecule has 6 rings (SSSR count). The highest BCUT2D eigenvalue weighted by molar-refractivity contribution is 6.02. The van der Waals surface area contributed by atoms with E-state index in [1.54, 1.807) is 12.4 Å². The minimum Gasteiger partial charge on any atom is -0.451 e. The van der Waals surface area contributed by atoms with Gasteiger partial charge in [0.1, 0.15) is 16.8 Å². The van der Waals surface area contributed by atoms with Crippen molar-refractivity contribution in [3.8, 4) is 17.2 Å². The molecule has 1 aliphatic rings. The van der Waals surface area contributed by atoms with Gasteiger partial charge in [-0.1, -0.05) is 57.5 Å². The zero-order valence-corrected chi connectivity index (χ0v) is 27.5. The summed E-state index contributed by atoms with van der Waals surface area (Å²) in [6.07, 6.45) is 6.86. The first-order chi connectivity index (χ1) is 22.8. The average molecular weight is 636 g/mol. The van der Waals surface area contributed by atoms with Crippen molar-refractivity contribution in [3.63, 3.8) is 0 Å². The number of rotatable bonds is 13. The van der Waals surface area contributed by atoms with Crippen molar-refractivity contribution < 1.29 is 13.9 Å². The van der Waals surface area contributed by atoms with Crippen LogP contribution in [0.3, 0.4) is 0 Å². The van der Waals surface area contributed by atoms with Gasteiger partial charge in [0.25, 0.3) is 5.91 Å². The first kappa shape index (κ1) is 32.2. The number of ether oxygens (including phenoxy) is 1. The van der Waals surface area contributed by atoms with Crippen LogP contribution >= 0.6 is 0 Å². The molecule has 5 aromatic rings. The standard InChI is InChI=1S/C38H42FN5O3/c1-5-11-27(40-4)15-17-42-38(46)29-23-44-32-19-25-12-7-8-13-26(25)20-33(32)47-37-34(44)28(36(29)45)21-30(39)35(37)43(18-6-2)22-24(3)31-14-9-10-16-41-31/h7-10,12-14,16,19-21,23-24,27,40H,5-6,11,15,17-18,22H2,1-4H3,(H,42,46). The molecule has 0 fully saturated rings. The Bertz CT molecular complexity index is 1980. The SMILES string of the molecule is CCCC(CCNC(=O)c1cn2c3c(c(N(CCC)CC(C)c4ccccn4)c(F)cc3c1=O)Oc1cc3ccccc3cc1-2)NC. The van der Waals surface area contributed by atoms with Crippen molar-refractivity contribution in [2.75, 3.05) is 31.6 Å². The molecule has 8 nitrogen and oxygen atoms in total. The van der Waals surface area contributed by atoms with E-state index >= 15 is 4.39 Å². The molecule has 0 bridgehead atoms. The maximum Gasteiger partial charge on any atom is 0.256 e. The number of nitrogens with zero attached hydrogens (tertiary/aromatic N) is 3. The number of aromatic nitrogens is 2. The molecule has 244 valence electrons. The van der Waals surface area contributed by atoms with Crippen LogP contribution in [-0.2, 0) is 0 Å². The van der Waals surface area contributed by atoms with Crippen molar-refractivity contribution in [1.29, 1.82) is 0 Å². The van der Waals surface area contributed by atoms with Crippen LogP contribution in [-0.4, -0.2) is 48.2 Å². The van der Waals surface area contributed by atoms with Crippen LogP contribution in [0.1, 0.15) is 68.4 Å². The molecule has 2 atom stereocenters. The van der Waals surface area contributed by atoms with Gasteiger partial charge < -0.3 is 24.8 Å². The number of nitrogens with one attached hydrogen (secondary N) is 2. The van der Waals surface area contributed by atoms with Gasteiger partial charge in [-0.3, -0.25) is 14.6 Å². The number of carbonyl (C=O) groups excluding carboxylic acids is 1. The monoisotopic (exact) mass is 635 g/mol. The lowest BCUT2D eigenvalue weighted by Gasteiger charge is -2.32. The Labute approximate surface area is 274 Å². The highest BCUT2D eigenvalue weighted by Gasteiger charge is 2.31. The Kier molecular flexibility index (Phi) is 9.54. The van der Waals surface area contributed by atoms with Crippen molar-refractivity contribution in [3.05, 3.63) is 100 Å². The third-order valence-electron chi connectivity index (χ3n) is 9.03. The van der Waals surface area contributed by atoms with Crippen molar-refractivity contribution in [2.45, 2.75) is 58.4 Å². The maximum atomic E-state index is 16.5. The Morgan fingerprint density at radius 1 is 1.04 bits per heavy atom. The van der Waals surface area contributed by atoms with E-state index in [0.717, 1.165) is 42.1 Å². The molecule has 2 N–H and O–H groups in total. The Hall–Kier alpha value is -4.76. The molecule has 2 aromatic heterocycles. The first-order valence-corrected chi connectivity index (χ1v) is 16.6. The molecule has 0 spiro atoms. The normalized spacial score (nSPS) is 13.2. The second kappa shape index (κ2) is 13.9. The Balaban J connectivity index is 1.50. The predicted molar refractivity (Wildman–Crippen MR) is 187 cm³/mol. The minimum atomic E-state index is -0.573. The third kappa shape index (κ3) is 6.32. The molecular formula is C38H42FN5O3. The van der Waals surface area contributed by atoms with Gasteiger partial charge in [0.05, 0.1) is 11.1 Å². The number of benzene rings is 3. The summed E-state index contributed by atoms with van der Waals surface area (Å²) >= 11 is 0. The topological polar surface area (TPSA) is 88.5 Å². The fraction of sp³-hybridized carbons (Fsp3) is 0.342. The summed E-state index contributed by atoms with van der Waals surface area (Å²) in [6.45, 7) is 7.70. The van der Waals surface area contributed by atoms with E-state index in [4.69, 9.17) is 4.74 Å². The second-order valence-electron chi connectivity index (χ2n) is 12.4. The fourth-order valence-electron chi connectivity index (χ4n) is 6.64. The van der Waals surface area contributed by atoms with Crippen molar-refractivity contribution in [2.24, 2.45) is 0 Å². The van der Waals surface area contributed by atoms with Crippen LogP contribution in [0.15, 0.2) is 77.9 Å². The fourth-order valence-corrected chi connectivity index (χ4v) is 6.64. The summed E-state index contributed by atoms with van der Waals surface area (Å²) in [5.41, 5.74) is 1.74. The zero-order valence-electron chi connectivity index (χ0n) is 27.5. The molecule has 1 aliphatic heterocycles. The minimum absolute atomic E-state index is 0.00188. The maximum absolute atomic E-state index is 16.5. The molecule has 0 aliphatic carbocycles. The second-order valence-corrected chi connectivity index (χ2v) is 12.4. The quantitative estimate of drug-likeness (QED) is 0.138. The smallest absolute Gasteiger partial charge is 0.256 e. The summed E-state index contributed by atoms with van der Waals surface area (Å²) in [5, 5.41) is 8.25. The number of hydrogen-bond donors (Lipinski definition) is 2. The van der Waals surface area contributed by atoms with Crippen molar-refractivity contribution >= 4 is 33.3 Å². The van der Waals surface area contributed by atoms with E-state index in [0.29, 0.717) is 42.3 Å².